The van der Waals surface area contributed by atoms with Gasteiger partial charge in [0.15, 0.2) is 11.6 Å². The zero-order valence-electron chi connectivity index (χ0n) is 9.21. The summed E-state index contributed by atoms with van der Waals surface area (Å²) in [4.78, 5) is 0.452. The van der Waals surface area contributed by atoms with Gasteiger partial charge >= 0.3 is 0 Å². The molecular formula is C12H13F2NOS. The topological polar surface area (TPSA) is 29.1 Å². The van der Waals surface area contributed by atoms with Gasteiger partial charge in [-0.2, -0.15) is 0 Å². The van der Waals surface area contributed by atoms with Gasteiger partial charge in [-0.25, -0.2) is 8.78 Å². The van der Waals surface area contributed by atoms with Crippen molar-refractivity contribution in [1.82, 2.24) is 5.32 Å². The van der Waals surface area contributed by atoms with Crippen LogP contribution in [0.15, 0.2) is 17.0 Å². The molecule has 1 N–H and O–H groups in total. The molecule has 0 amide bonds. The van der Waals surface area contributed by atoms with Crippen LogP contribution >= 0.6 is 0 Å². The summed E-state index contributed by atoms with van der Waals surface area (Å²) in [5.74, 6) is -1.25. The van der Waals surface area contributed by atoms with Gasteiger partial charge in [0.2, 0.25) is 0 Å². The van der Waals surface area contributed by atoms with Gasteiger partial charge in [0.25, 0.3) is 0 Å². The summed E-state index contributed by atoms with van der Waals surface area (Å²) in [5, 5.41) is 3.39. The van der Waals surface area contributed by atoms with Crippen LogP contribution < -0.4 is 5.32 Å². The summed E-state index contributed by atoms with van der Waals surface area (Å²) >= 11 is 0. The number of hydrogen-bond donors (Lipinski definition) is 1. The third-order valence-corrected chi connectivity index (χ3v) is 4.73. The monoisotopic (exact) mass is 257 g/mol. The van der Waals surface area contributed by atoms with Gasteiger partial charge < -0.3 is 5.32 Å². The maximum Gasteiger partial charge on any atom is 0.160 e. The summed E-state index contributed by atoms with van der Waals surface area (Å²) < 4.78 is 38.2. The average Bonchev–Trinajstić information content (AvgIpc) is 3.09. The lowest BCUT2D eigenvalue weighted by Crippen LogP contribution is -2.29. The number of halogens is 2. The number of rotatable bonds is 2. The van der Waals surface area contributed by atoms with Crippen molar-refractivity contribution in [3.8, 4) is 0 Å². The third kappa shape index (κ3) is 2.13. The fraction of sp³-hybridized carbons (Fsp3) is 0.500. The number of fused-ring (bicyclic) bond motifs is 1. The summed E-state index contributed by atoms with van der Waals surface area (Å²) in [6.07, 6.45) is 3.00. The van der Waals surface area contributed by atoms with E-state index in [1.54, 1.807) is 0 Å². The number of benzene rings is 1. The Morgan fingerprint density at radius 2 is 1.88 bits per heavy atom. The molecule has 1 aliphatic heterocycles. The van der Waals surface area contributed by atoms with Gasteiger partial charge in [0.1, 0.15) is 0 Å². The molecule has 3 rings (SSSR count). The summed E-state index contributed by atoms with van der Waals surface area (Å²) in [6, 6.07) is 2.79. The molecule has 1 fully saturated rings. The standard InChI is InChI=1S/C12H13F2NOS/c13-9-5-8-11(15-7-1-2-7)3-4-17(16)12(8)6-10(9)14/h5-7,11,15H,1-4H2. The Labute approximate surface area is 101 Å². The highest BCUT2D eigenvalue weighted by molar-refractivity contribution is 7.85. The molecule has 0 bridgehead atoms. The van der Waals surface area contributed by atoms with Crippen LogP contribution in [0.1, 0.15) is 30.9 Å². The smallest absolute Gasteiger partial charge is 0.160 e. The summed E-state index contributed by atoms with van der Waals surface area (Å²) in [7, 11) is -1.20. The van der Waals surface area contributed by atoms with Crippen molar-refractivity contribution in [3.63, 3.8) is 0 Å². The lowest BCUT2D eigenvalue weighted by atomic mass is 10.0. The highest BCUT2D eigenvalue weighted by Crippen LogP contribution is 2.34. The minimum absolute atomic E-state index is 0.0188. The van der Waals surface area contributed by atoms with E-state index < -0.39 is 22.4 Å². The zero-order valence-corrected chi connectivity index (χ0v) is 10.0. The molecule has 0 radical (unpaired) electrons. The van der Waals surface area contributed by atoms with Crippen LogP contribution in [-0.4, -0.2) is 16.0 Å². The molecule has 1 heterocycles. The Balaban J connectivity index is 2.00. The summed E-state index contributed by atoms with van der Waals surface area (Å²) in [6.45, 7) is 0. The van der Waals surface area contributed by atoms with Gasteiger partial charge in [-0.05, 0) is 37.0 Å². The molecule has 0 aromatic heterocycles. The van der Waals surface area contributed by atoms with E-state index in [9.17, 15) is 13.0 Å². The van der Waals surface area contributed by atoms with E-state index in [2.05, 4.69) is 5.32 Å². The fourth-order valence-corrected chi connectivity index (χ4v) is 3.58. The molecule has 1 aliphatic carbocycles. The van der Waals surface area contributed by atoms with Crippen LogP contribution in [0.3, 0.4) is 0 Å². The van der Waals surface area contributed by atoms with Gasteiger partial charge in [0, 0.05) is 22.7 Å². The van der Waals surface area contributed by atoms with Crippen molar-refractivity contribution in [2.75, 3.05) is 5.75 Å². The van der Waals surface area contributed by atoms with E-state index in [1.165, 1.54) is 6.07 Å². The molecule has 2 aliphatic rings. The van der Waals surface area contributed by atoms with Crippen molar-refractivity contribution in [2.45, 2.75) is 36.2 Å². The van der Waals surface area contributed by atoms with E-state index in [0.717, 1.165) is 25.3 Å². The Hall–Kier alpha value is -0.810. The largest absolute Gasteiger partial charge is 0.307 e. The zero-order chi connectivity index (χ0) is 12.0. The van der Waals surface area contributed by atoms with Crippen molar-refractivity contribution in [3.05, 3.63) is 29.3 Å². The molecule has 2 unspecified atom stereocenters. The minimum Gasteiger partial charge on any atom is -0.307 e. The quantitative estimate of drug-likeness (QED) is 0.880. The molecule has 5 heteroatoms. The highest BCUT2D eigenvalue weighted by Gasteiger charge is 2.31. The lowest BCUT2D eigenvalue weighted by Gasteiger charge is -2.26. The van der Waals surface area contributed by atoms with Crippen molar-refractivity contribution < 1.29 is 13.0 Å². The molecule has 1 aromatic rings. The molecule has 17 heavy (non-hydrogen) atoms. The van der Waals surface area contributed by atoms with Crippen LogP contribution in [0, 0.1) is 11.6 Å². The SMILES string of the molecule is O=S1CCC(NC2CC2)c2cc(F)c(F)cc21. The van der Waals surface area contributed by atoms with Gasteiger partial charge in [0.05, 0.1) is 10.8 Å². The molecule has 0 saturated heterocycles. The van der Waals surface area contributed by atoms with Crippen LogP contribution in [0.2, 0.25) is 0 Å². The summed E-state index contributed by atoms with van der Waals surface area (Å²) in [5.41, 5.74) is 0.667. The first-order valence-corrected chi connectivity index (χ1v) is 7.10. The Bertz CT molecular complexity index is 488. The maximum absolute atomic E-state index is 13.3. The van der Waals surface area contributed by atoms with Gasteiger partial charge in [-0.3, -0.25) is 4.21 Å². The average molecular weight is 257 g/mol. The van der Waals surface area contributed by atoms with Gasteiger partial charge in [-0.1, -0.05) is 0 Å². The van der Waals surface area contributed by atoms with Gasteiger partial charge in [-0.15, -0.1) is 0 Å². The van der Waals surface area contributed by atoms with E-state index >= 15 is 0 Å². The van der Waals surface area contributed by atoms with Crippen LogP contribution in [0.4, 0.5) is 8.78 Å². The van der Waals surface area contributed by atoms with Crippen LogP contribution in [0.25, 0.3) is 0 Å². The number of nitrogens with one attached hydrogen (secondary N) is 1. The van der Waals surface area contributed by atoms with Crippen LogP contribution in [-0.2, 0) is 10.8 Å². The highest BCUT2D eigenvalue weighted by atomic mass is 32.2. The first-order valence-electron chi connectivity index (χ1n) is 5.78. The Morgan fingerprint density at radius 3 is 2.59 bits per heavy atom. The molecule has 1 saturated carbocycles. The molecule has 0 spiro atoms. The van der Waals surface area contributed by atoms with E-state index in [1.807, 2.05) is 0 Å². The Morgan fingerprint density at radius 1 is 1.18 bits per heavy atom. The second-order valence-electron chi connectivity index (χ2n) is 4.64. The predicted molar refractivity (Wildman–Crippen MR) is 61.1 cm³/mol. The van der Waals surface area contributed by atoms with E-state index in [0.29, 0.717) is 22.3 Å². The first kappa shape index (κ1) is 11.3. The van der Waals surface area contributed by atoms with Crippen LogP contribution in [0.5, 0.6) is 0 Å². The minimum atomic E-state index is -1.20. The normalized spacial score (nSPS) is 27.9. The molecule has 92 valence electrons. The Kier molecular flexibility index (Phi) is 2.75. The van der Waals surface area contributed by atoms with E-state index in [-0.39, 0.29) is 6.04 Å². The van der Waals surface area contributed by atoms with E-state index in [4.69, 9.17) is 0 Å². The second-order valence-corrected chi connectivity index (χ2v) is 6.18. The molecule has 2 nitrogen and oxygen atoms in total. The molecular weight excluding hydrogens is 244 g/mol. The van der Waals surface area contributed by atoms with Crippen molar-refractivity contribution in [1.29, 1.82) is 0 Å². The van der Waals surface area contributed by atoms with Crippen molar-refractivity contribution in [2.24, 2.45) is 0 Å². The molecule has 2 atom stereocenters. The fourth-order valence-electron chi connectivity index (χ4n) is 2.21. The predicted octanol–water partition coefficient (Wildman–Crippen LogP) is 2.27. The maximum atomic E-state index is 13.3. The lowest BCUT2D eigenvalue weighted by molar-refractivity contribution is 0.474. The molecule has 1 aromatic carbocycles. The number of hydrogen-bond acceptors (Lipinski definition) is 2. The second kappa shape index (κ2) is 4.14. The third-order valence-electron chi connectivity index (χ3n) is 3.28. The van der Waals surface area contributed by atoms with Crippen molar-refractivity contribution >= 4 is 10.8 Å². The first-order chi connectivity index (χ1) is 8.15.